The molecule has 0 spiro atoms. The quantitative estimate of drug-likeness (QED) is 0.410. The molecule has 3 aromatic rings. The van der Waals surface area contributed by atoms with Crippen molar-refractivity contribution >= 4 is 16.9 Å². The SMILES string of the molecule is CCn1c(=O)c2ccccc2n(CC(=O)OCCOc2ccc(C(C)C)c(C)c2)c1=O. The summed E-state index contributed by atoms with van der Waals surface area (Å²) in [5.74, 6) is 0.593. The number of carbonyl (C=O) groups excluding carboxylic acids is 1. The third-order valence-electron chi connectivity index (χ3n) is 5.21. The van der Waals surface area contributed by atoms with Crippen LogP contribution >= 0.6 is 0 Å². The summed E-state index contributed by atoms with van der Waals surface area (Å²) in [5, 5.41) is 0.389. The molecule has 7 nitrogen and oxygen atoms in total. The lowest BCUT2D eigenvalue weighted by Crippen LogP contribution is -2.41. The molecule has 0 saturated carbocycles. The predicted octanol–water partition coefficient (Wildman–Crippen LogP) is 3.24. The highest BCUT2D eigenvalue weighted by molar-refractivity contribution is 5.79. The first-order valence-electron chi connectivity index (χ1n) is 10.4. The fourth-order valence-electron chi connectivity index (χ4n) is 3.68. The Hall–Kier alpha value is -3.35. The molecule has 0 amide bonds. The summed E-state index contributed by atoms with van der Waals surface area (Å²) >= 11 is 0. The van der Waals surface area contributed by atoms with Crippen LogP contribution in [0.4, 0.5) is 0 Å². The second-order valence-electron chi connectivity index (χ2n) is 7.68. The van der Waals surface area contributed by atoms with Crippen molar-refractivity contribution in [2.75, 3.05) is 13.2 Å². The van der Waals surface area contributed by atoms with Crippen molar-refractivity contribution in [2.24, 2.45) is 0 Å². The highest BCUT2D eigenvalue weighted by Crippen LogP contribution is 2.23. The van der Waals surface area contributed by atoms with Crippen molar-refractivity contribution in [1.29, 1.82) is 0 Å². The molecule has 1 heterocycles. The molecule has 0 aliphatic heterocycles. The predicted molar refractivity (Wildman–Crippen MR) is 120 cm³/mol. The lowest BCUT2D eigenvalue weighted by Gasteiger charge is -2.14. The van der Waals surface area contributed by atoms with Gasteiger partial charge in [-0.3, -0.25) is 18.7 Å². The monoisotopic (exact) mass is 424 g/mol. The Morgan fingerprint density at radius 3 is 2.45 bits per heavy atom. The van der Waals surface area contributed by atoms with Crippen molar-refractivity contribution in [3.05, 3.63) is 74.4 Å². The fourth-order valence-corrected chi connectivity index (χ4v) is 3.68. The van der Waals surface area contributed by atoms with E-state index >= 15 is 0 Å². The van der Waals surface area contributed by atoms with Crippen LogP contribution in [0.1, 0.15) is 37.8 Å². The van der Waals surface area contributed by atoms with Crippen LogP contribution in [0.3, 0.4) is 0 Å². The molecule has 0 fully saturated rings. The number of aryl methyl sites for hydroxylation is 1. The summed E-state index contributed by atoms with van der Waals surface area (Å²) in [7, 11) is 0. The van der Waals surface area contributed by atoms with Gasteiger partial charge in [-0.05, 0) is 55.2 Å². The number of ether oxygens (including phenoxy) is 2. The zero-order chi connectivity index (χ0) is 22.5. The van der Waals surface area contributed by atoms with E-state index in [9.17, 15) is 14.4 Å². The van der Waals surface area contributed by atoms with Gasteiger partial charge in [0.05, 0.1) is 10.9 Å². The van der Waals surface area contributed by atoms with Crippen molar-refractivity contribution in [1.82, 2.24) is 9.13 Å². The van der Waals surface area contributed by atoms with Crippen LogP contribution in [0.5, 0.6) is 5.75 Å². The van der Waals surface area contributed by atoms with Crippen LogP contribution in [-0.2, 0) is 22.6 Å². The van der Waals surface area contributed by atoms with Crippen LogP contribution in [0.15, 0.2) is 52.1 Å². The Morgan fingerprint density at radius 1 is 1.03 bits per heavy atom. The average Bonchev–Trinajstić information content (AvgIpc) is 2.74. The van der Waals surface area contributed by atoms with Crippen LogP contribution in [0.25, 0.3) is 10.9 Å². The molecular formula is C24H28N2O5. The van der Waals surface area contributed by atoms with Crippen LogP contribution in [0.2, 0.25) is 0 Å². The molecule has 31 heavy (non-hydrogen) atoms. The van der Waals surface area contributed by atoms with Gasteiger partial charge in [-0.15, -0.1) is 0 Å². The van der Waals surface area contributed by atoms with Gasteiger partial charge in [-0.1, -0.05) is 32.0 Å². The smallest absolute Gasteiger partial charge is 0.332 e. The molecule has 0 aliphatic rings. The summed E-state index contributed by atoms with van der Waals surface area (Å²) in [4.78, 5) is 37.5. The van der Waals surface area contributed by atoms with E-state index in [1.54, 1.807) is 31.2 Å². The topological polar surface area (TPSA) is 79.5 Å². The standard InChI is InChI=1S/C24H28N2O5/c1-5-25-23(28)20-8-6-7-9-21(20)26(24(25)29)15-22(27)31-13-12-30-18-10-11-19(16(2)3)17(4)14-18/h6-11,14,16H,5,12-13,15H2,1-4H3. The largest absolute Gasteiger partial charge is 0.490 e. The zero-order valence-corrected chi connectivity index (χ0v) is 18.4. The Morgan fingerprint density at radius 2 is 1.77 bits per heavy atom. The fraction of sp³-hybridized carbons (Fsp3) is 0.375. The number of nitrogens with zero attached hydrogens (tertiary/aromatic N) is 2. The first-order chi connectivity index (χ1) is 14.8. The first-order valence-corrected chi connectivity index (χ1v) is 10.4. The van der Waals surface area contributed by atoms with Crippen LogP contribution in [0, 0.1) is 6.92 Å². The Kier molecular flexibility index (Phi) is 6.95. The minimum atomic E-state index is -0.566. The highest BCUT2D eigenvalue weighted by atomic mass is 16.6. The van der Waals surface area contributed by atoms with Gasteiger partial charge in [0.15, 0.2) is 0 Å². The number of fused-ring (bicyclic) bond motifs is 1. The summed E-state index contributed by atoms with van der Waals surface area (Å²) in [6, 6.07) is 12.7. The van der Waals surface area contributed by atoms with E-state index in [0.29, 0.717) is 16.8 Å². The number of benzene rings is 2. The number of rotatable bonds is 8. The Balaban J connectivity index is 1.64. The van der Waals surface area contributed by atoms with E-state index in [1.165, 1.54) is 10.1 Å². The molecule has 0 aliphatic carbocycles. The molecule has 1 aromatic heterocycles. The molecule has 0 unspecified atom stereocenters. The molecule has 0 radical (unpaired) electrons. The molecule has 0 bridgehead atoms. The third-order valence-corrected chi connectivity index (χ3v) is 5.21. The molecule has 7 heteroatoms. The number of hydrogen-bond acceptors (Lipinski definition) is 5. The Bertz CT molecular complexity index is 1210. The lowest BCUT2D eigenvalue weighted by atomic mass is 9.98. The Labute approximate surface area is 180 Å². The maximum Gasteiger partial charge on any atom is 0.332 e. The van der Waals surface area contributed by atoms with Gasteiger partial charge in [-0.2, -0.15) is 0 Å². The van der Waals surface area contributed by atoms with E-state index in [4.69, 9.17) is 9.47 Å². The van der Waals surface area contributed by atoms with Crippen LogP contribution < -0.4 is 16.0 Å². The number of aromatic nitrogens is 2. The highest BCUT2D eigenvalue weighted by Gasteiger charge is 2.15. The molecule has 2 aromatic carbocycles. The minimum absolute atomic E-state index is 0.0594. The number of esters is 1. The first kappa shape index (κ1) is 22.3. The zero-order valence-electron chi connectivity index (χ0n) is 18.4. The number of carbonyl (C=O) groups is 1. The summed E-state index contributed by atoms with van der Waals surface area (Å²) in [5.41, 5.74) is 1.95. The molecule has 3 rings (SSSR count). The summed E-state index contributed by atoms with van der Waals surface area (Å²) in [6.07, 6.45) is 0. The van der Waals surface area contributed by atoms with Gasteiger partial charge in [0.1, 0.15) is 25.5 Å². The lowest BCUT2D eigenvalue weighted by molar-refractivity contribution is -0.145. The summed E-state index contributed by atoms with van der Waals surface area (Å²) < 4.78 is 13.3. The van der Waals surface area contributed by atoms with Gasteiger partial charge in [-0.25, -0.2) is 4.79 Å². The minimum Gasteiger partial charge on any atom is -0.490 e. The molecular weight excluding hydrogens is 396 g/mol. The second-order valence-corrected chi connectivity index (χ2v) is 7.68. The number of para-hydroxylation sites is 1. The average molecular weight is 424 g/mol. The number of hydrogen-bond donors (Lipinski definition) is 0. The van der Waals surface area contributed by atoms with E-state index < -0.39 is 11.7 Å². The van der Waals surface area contributed by atoms with Crippen molar-refractivity contribution in [3.63, 3.8) is 0 Å². The van der Waals surface area contributed by atoms with E-state index in [-0.39, 0.29) is 31.9 Å². The van der Waals surface area contributed by atoms with Gasteiger partial charge in [0.2, 0.25) is 0 Å². The van der Waals surface area contributed by atoms with Gasteiger partial charge in [0, 0.05) is 6.54 Å². The normalized spacial score (nSPS) is 11.1. The molecule has 0 atom stereocenters. The summed E-state index contributed by atoms with van der Waals surface area (Å²) in [6.45, 7) is 8.25. The molecule has 164 valence electrons. The van der Waals surface area contributed by atoms with Gasteiger partial charge >= 0.3 is 11.7 Å². The van der Waals surface area contributed by atoms with Crippen LogP contribution in [-0.4, -0.2) is 28.3 Å². The van der Waals surface area contributed by atoms with Crippen molar-refractivity contribution in [3.8, 4) is 5.75 Å². The second kappa shape index (κ2) is 9.64. The van der Waals surface area contributed by atoms with E-state index in [1.807, 2.05) is 25.1 Å². The third kappa shape index (κ3) is 4.87. The van der Waals surface area contributed by atoms with E-state index in [2.05, 4.69) is 13.8 Å². The van der Waals surface area contributed by atoms with Gasteiger partial charge < -0.3 is 9.47 Å². The molecule has 0 N–H and O–H groups in total. The maximum absolute atomic E-state index is 12.7. The van der Waals surface area contributed by atoms with Crippen molar-refractivity contribution in [2.45, 2.75) is 46.7 Å². The van der Waals surface area contributed by atoms with Gasteiger partial charge in [0.25, 0.3) is 5.56 Å². The van der Waals surface area contributed by atoms with E-state index in [0.717, 1.165) is 15.9 Å². The van der Waals surface area contributed by atoms with Crippen molar-refractivity contribution < 1.29 is 14.3 Å². The maximum atomic E-state index is 12.7. The molecule has 0 saturated heterocycles.